The lowest BCUT2D eigenvalue weighted by atomic mass is 10.1. The number of carbonyl (C=O) groups is 1. The van der Waals surface area contributed by atoms with Crippen LogP contribution in [-0.4, -0.2) is 23.1 Å². The Morgan fingerprint density at radius 3 is 2.94 bits per heavy atom. The number of phenols is 1. The van der Waals surface area contributed by atoms with Gasteiger partial charge >= 0.3 is 0 Å². The predicted octanol–water partition coefficient (Wildman–Crippen LogP) is 3.08. The first-order chi connectivity index (χ1) is 8.13. The van der Waals surface area contributed by atoms with Gasteiger partial charge in [0.1, 0.15) is 11.5 Å². The molecule has 0 bridgehead atoms. The molecular formula is C13H16O3S. The Hall–Kier alpha value is -1.42. The van der Waals surface area contributed by atoms with Crippen LogP contribution < -0.4 is 4.74 Å². The maximum Gasteiger partial charge on any atom is 0.185 e. The summed E-state index contributed by atoms with van der Waals surface area (Å²) in [5, 5.41) is 9.50. The summed E-state index contributed by atoms with van der Waals surface area (Å²) in [6.07, 6.45) is 4.66. The van der Waals surface area contributed by atoms with Gasteiger partial charge in [-0.1, -0.05) is 23.9 Å². The lowest BCUT2D eigenvalue weighted by Crippen LogP contribution is -1.87. The molecule has 0 aliphatic carbocycles. The summed E-state index contributed by atoms with van der Waals surface area (Å²) in [4.78, 5) is 10.7. The van der Waals surface area contributed by atoms with Crippen LogP contribution in [0, 0.1) is 0 Å². The molecule has 0 heterocycles. The van der Waals surface area contributed by atoms with E-state index in [2.05, 4.69) is 0 Å². The normalized spacial score (nSPS) is 10.7. The number of aromatic hydroxyl groups is 1. The van der Waals surface area contributed by atoms with Crippen LogP contribution in [0.15, 0.2) is 24.3 Å². The monoisotopic (exact) mass is 252 g/mol. The fourth-order valence-electron chi connectivity index (χ4n) is 1.33. The van der Waals surface area contributed by atoms with Crippen LogP contribution in [0.5, 0.6) is 11.5 Å². The molecule has 0 fully saturated rings. The van der Waals surface area contributed by atoms with Crippen molar-refractivity contribution in [2.24, 2.45) is 0 Å². The number of phenolic OH excluding ortho intramolecular Hbond substituents is 1. The Morgan fingerprint density at radius 2 is 2.29 bits per heavy atom. The largest absolute Gasteiger partial charge is 0.508 e. The van der Waals surface area contributed by atoms with E-state index in [4.69, 9.17) is 4.74 Å². The third-order valence-electron chi connectivity index (χ3n) is 2.10. The van der Waals surface area contributed by atoms with Crippen LogP contribution in [0.3, 0.4) is 0 Å². The van der Waals surface area contributed by atoms with Crippen LogP contribution in [0.4, 0.5) is 0 Å². The number of hydrogen-bond donors (Lipinski definition) is 1. The highest BCUT2D eigenvalue weighted by Gasteiger charge is 2.00. The van der Waals surface area contributed by atoms with Crippen molar-refractivity contribution in [3.63, 3.8) is 0 Å². The van der Waals surface area contributed by atoms with Gasteiger partial charge in [-0.3, -0.25) is 4.79 Å². The molecule has 0 saturated heterocycles. The zero-order chi connectivity index (χ0) is 12.7. The Labute approximate surface area is 105 Å². The fraction of sp³-hybridized carbons (Fsp3) is 0.308. The topological polar surface area (TPSA) is 46.5 Å². The number of allylic oxidation sites excluding steroid dienone is 1. The number of hydrogen-bond acceptors (Lipinski definition) is 4. The number of carbonyl (C=O) groups excluding carboxylic acids is 1. The van der Waals surface area contributed by atoms with Crippen LogP contribution in [0.25, 0.3) is 6.08 Å². The lowest BCUT2D eigenvalue weighted by Gasteiger charge is -2.04. The molecule has 0 unspecified atom stereocenters. The Morgan fingerprint density at radius 1 is 1.53 bits per heavy atom. The highest BCUT2D eigenvalue weighted by atomic mass is 32.2. The van der Waals surface area contributed by atoms with Crippen LogP contribution in [-0.2, 0) is 4.79 Å². The van der Waals surface area contributed by atoms with E-state index >= 15 is 0 Å². The third-order valence-corrected chi connectivity index (χ3v) is 2.95. The summed E-state index contributed by atoms with van der Waals surface area (Å²) in [5.74, 6) is 1.70. The SMILES string of the molecule is COc1ccc(O)cc1C=CCCSC(C)=O. The van der Waals surface area contributed by atoms with E-state index in [1.54, 1.807) is 32.2 Å². The number of methoxy groups -OCH3 is 1. The molecule has 1 aromatic carbocycles. The van der Waals surface area contributed by atoms with Crippen molar-refractivity contribution in [2.45, 2.75) is 13.3 Å². The van der Waals surface area contributed by atoms with Gasteiger partial charge < -0.3 is 9.84 Å². The van der Waals surface area contributed by atoms with Crippen molar-refractivity contribution in [1.29, 1.82) is 0 Å². The summed E-state index contributed by atoms with van der Waals surface area (Å²) in [5.41, 5.74) is 0.834. The molecule has 0 aliphatic rings. The number of ether oxygens (including phenoxy) is 1. The quantitative estimate of drug-likeness (QED) is 0.818. The summed E-state index contributed by atoms with van der Waals surface area (Å²) in [6.45, 7) is 1.56. The van der Waals surface area contributed by atoms with Crippen molar-refractivity contribution in [2.75, 3.05) is 12.9 Å². The molecule has 1 rings (SSSR count). The molecule has 0 saturated carbocycles. The molecule has 0 atom stereocenters. The fourth-order valence-corrected chi connectivity index (χ4v) is 1.87. The van der Waals surface area contributed by atoms with Crippen molar-refractivity contribution in [1.82, 2.24) is 0 Å². The minimum Gasteiger partial charge on any atom is -0.508 e. The predicted molar refractivity (Wildman–Crippen MR) is 71.4 cm³/mol. The van der Waals surface area contributed by atoms with E-state index in [9.17, 15) is 9.90 Å². The number of thioether (sulfide) groups is 1. The van der Waals surface area contributed by atoms with Crippen LogP contribution in [0.2, 0.25) is 0 Å². The second-order valence-electron chi connectivity index (χ2n) is 3.46. The Bertz CT molecular complexity index is 413. The first-order valence-electron chi connectivity index (χ1n) is 5.30. The summed E-state index contributed by atoms with van der Waals surface area (Å²) in [6, 6.07) is 4.95. The average molecular weight is 252 g/mol. The summed E-state index contributed by atoms with van der Waals surface area (Å²) < 4.78 is 5.17. The van der Waals surface area contributed by atoms with Crippen LogP contribution >= 0.6 is 11.8 Å². The van der Waals surface area contributed by atoms with Gasteiger partial charge in [-0.05, 0) is 24.6 Å². The average Bonchev–Trinajstić information content (AvgIpc) is 2.28. The zero-order valence-electron chi connectivity index (χ0n) is 9.97. The van der Waals surface area contributed by atoms with Gasteiger partial charge in [0, 0.05) is 18.2 Å². The molecule has 0 aromatic heterocycles. The van der Waals surface area contributed by atoms with Gasteiger partial charge in [-0.2, -0.15) is 0 Å². The van der Waals surface area contributed by atoms with Crippen molar-refractivity contribution >= 4 is 23.0 Å². The lowest BCUT2D eigenvalue weighted by molar-refractivity contribution is -0.109. The maximum absolute atomic E-state index is 10.7. The van der Waals surface area contributed by atoms with Gasteiger partial charge in [0.25, 0.3) is 0 Å². The van der Waals surface area contributed by atoms with Crippen molar-refractivity contribution in [3.8, 4) is 11.5 Å². The summed E-state index contributed by atoms with van der Waals surface area (Å²) in [7, 11) is 1.59. The maximum atomic E-state index is 10.7. The molecule has 92 valence electrons. The first-order valence-corrected chi connectivity index (χ1v) is 6.29. The molecule has 3 nitrogen and oxygen atoms in total. The van der Waals surface area contributed by atoms with E-state index in [1.165, 1.54) is 11.8 Å². The van der Waals surface area contributed by atoms with E-state index < -0.39 is 0 Å². The Balaban J connectivity index is 2.57. The number of benzene rings is 1. The highest BCUT2D eigenvalue weighted by molar-refractivity contribution is 8.13. The molecule has 1 aromatic rings. The molecule has 0 aliphatic heterocycles. The van der Waals surface area contributed by atoms with E-state index in [1.807, 2.05) is 12.2 Å². The highest BCUT2D eigenvalue weighted by Crippen LogP contribution is 2.24. The van der Waals surface area contributed by atoms with E-state index in [0.717, 1.165) is 23.5 Å². The van der Waals surface area contributed by atoms with Gasteiger partial charge in [0.05, 0.1) is 7.11 Å². The van der Waals surface area contributed by atoms with Crippen molar-refractivity contribution < 1.29 is 14.6 Å². The minimum absolute atomic E-state index is 0.133. The zero-order valence-corrected chi connectivity index (χ0v) is 10.8. The van der Waals surface area contributed by atoms with Crippen molar-refractivity contribution in [3.05, 3.63) is 29.8 Å². The van der Waals surface area contributed by atoms with E-state index in [0.29, 0.717) is 0 Å². The molecule has 17 heavy (non-hydrogen) atoms. The molecular weight excluding hydrogens is 236 g/mol. The Kier molecular flexibility index (Phi) is 5.63. The van der Waals surface area contributed by atoms with Gasteiger partial charge in [0.15, 0.2) is 5.12 Å². The van der Waals surface area contributed by atoms with Gasteiger partial charge in [0.2, 0.25) is 0 Å². The minimum atomic E-state index is 0.133. The molecule has 0 amide bonds. The molecule has 1 N–H and O–H groups in total. The first kappa shape index (κ1) is 13.6. The number of rotatable bonds is 5. The molecule has 0 radical (unpaired) electrons. The summed E-state index contributed by atoms with van der Waals surface area (Å²) >= 11 is 1.31. The molecule has 4 heteroatoms. The third kappa shape index (κ3) is 4.95. The van der Waals surface area contributed by atoms with E-state index in [-0.39, 0.29) is 10.9 Å². The standard InChI is InChI=1S/C13H16O3S/c1-10(14)17-8-4-3-5-11-9-12(15)6-7-13(11)16-2/h3,5-7,9,15H,4,8H2,1-2H3. The second kappa shape index (κ2) is 7.01. The van der Waals surface area contributed by atoms with Crippen LogP contribution in [0.1, 0.15) is 18.9 Å². The van der Waals surface area contributed by atoms with Gasteiger partial charge in [-0.15, -0.1) is 0 Å². The second-order valence-corrected chi connectivity index (χ2v) is 4.73. The van der Waals surface area contributed by atoms with Gasteiger partial charge in [-0.25, -0.2) is 0 Å². The smallest absolute Gasteiger partial charge is 0.185 e. The molecule has 0 spiro atoms.